The number of nitrogens with zero attached hydrogens (tertiary/aromatic N) is 1. The van der Waals surface area contributed by atoms with E-state index in [-0.39, 0.29) is 73.6 Å². The molecule has 0 aliphatic rings. The number of halogens is 8. The van der Waals surface area contributed by atoms with Crippen LogP contribution in [-0.2, 0) is 12.2 Å². The van der Waals surface area contributed by atoms with Crippen molar-refractivity contribution in [3.63, 3.8) is 0 Å². The number of alkyl halides is 6. The summed E-state index contributed by atoms with van der Waals surface area (Å²) >= 11 is 11.8. The zero-order chi connectivity index (χ0) is 21.7. The van der Waals surface area contributed by atoms with Crippen LogP contribution < -0.4 is 56.5 Å². The largest absolute Gasteiger partial charge is 1.00 e. The molecule has 15 heteroatoms. The van der Waals surface area contributed by atoms with Crippen molar-refractivity contribution >= 4 is 40.5 Å². The van der Waals surface area contributed by atoms with Crippen molar-refractivity contribution in [2.75, 3.05) is 0 Å². The van der Waals surface area contributed by atoms with Crippen LogP contribution in [0.4, 0.5) is 26.3 Å². The molecule has 2 aromatic rings. The fraction of sp³-hybridized carbons (Fsp3) is 0.286. The number of benzene rings is 1. The van der Waals surface area contributed by atoms with Crippen molar-refractivity contribution in [3.8, 4) is 10.4 Å². The van der Waals surface area contributed by atoms with Crippen molar-refractivity contribution in [1.82, 2.24) is 4.98 Å². The third-order valence-corrected chi connectivity index (χ3v) is 5.55. The van der Waals surface area contributed by atoms with Crippen LogP contribution in [0.1, 0.15) is 21.1 Å². The summed E-state index contributed by atoms with van der Waals surface area (Å²) in [4.78, 5) is 14.2. The van der Waals surface area contributed by atoms with E-state index in [4.69, 9.17) is 23.2 Å². The molecule has 1 heterocycles. The standard InChI is InChI=1S/C14H7Cl2F6NO4S.K/c15-7-4(9-6(3-24)23-10(28-9)11(25)26)1-2-5(8(7)16)12(27,13(17,18)19)14(20,21)22;/h1-2,24,27H,3H2,(H,25,26);/q;+1/p-1. The Kier molecular flexibility index (Phi) is 8.65. The number of rotatable bonds is 4. The average molecular weight is 508 g/mol. The molecule has 0 unspecified atom stereocenters. The Hall–Kier alpha value is 0.0364. The number of aromatic nitrogens is 1. The van der Waals surface area contributed by atoms with E-state index in [9.17, 15) is 46.5 Å². The molecule has 0 aliphatic heterocycles. The molecule has 0 saturated heterocycles. The van der Waals surface area contributed by atoms with Gasteiger partial charge in [-0.1, -0.05) is 35.3 Å². The van der Waals surface area contributed by atoms with E-state index in [1.807, 2.05) is 0 Å². The number of carboxylic acid groups (broad SMARTS) is 1. The summed E-state index contributed by atoms with van der Waals surface area (Å²) in [5.41, 5.74) is -7.63. The maximum atomic E-state index is 13.0. The van der Waals surface area contributed by atoms with E-state index in [1.165, 1.54) is 0 Å². The van der Waals surface area contributed by atoms with E-state index in [0.717, 1.165) is 0 Å². The van der Waals surface area contributed by atoms with Crippen LogP contribution in [0, 0.1) is 0 Å². The summed E-state index contributed by atoms with van der Waals surface area (Å²) in [6.07, 6.45) is -12.4. The molecule has 0 saturated carbocycles. The number of aliphatic hydroxyl groups is 2. The van der Waals surface area contributed by atoms with Crippen molar-refractivity contribution in [3.05, 3.63) is 38.4 Å². The van der Waals surface area contributed by atoms with Crippen molar-refractivity contribution in [2.45, 2.75) is 24.6 Å². The molecule has 0 spiro atoms. The molecule has 154 valence electrons. The SMILES string of the molecule is O=C([O-])c1nc(CO)c(-c2ccc(C(O)(C(F)(F)F)C(F)(F)F)c(Cl)c2Cl)s1.[K+]. The van der Waals surface area contributed by atoms with Crippen LogP contribution in [0.25, 0.3) is 10.4 Å². The molecule has 0 bridgehead atoms. The summed E-state index contributed by atoms with van der Waals surface area (Å²) in [5.74, 6) is -1.73. The average Bonchev–Trinajstić information content (AvgIpc) is 2.99. The number of aliphatic hydroxyl groups excluding tert-OH is 1. The van der Waals surface area contributed by atoms with Gasteiger partial charge in [0, 0.05) is 11.1 Å². The predicted octanol–water partition coefficient (Wildman–Crippen LogP) is 0.289. The first-order chi connectivity index (χ1) is 12.7. The number of carbonyl (C=O) groups is 1. The van der Waals surface area contributed by atoms with Gasteiger partial charge in [0.25, 0.3) is 5.60 Å². The van der Waals surface area contributed by atoms with E-state index < -0.39 is 51.1 Å². The van der Waals surface area contributed by atoms with E-state index >= 15 is 0 Å². The number of thiazole rings is 1. The Morgan fingerprint density at radius 2 is 1.62 bits per heavy atom. The Bertz CT molecular complexity index is 920. The summed E-state index contributed by atoms with van der Waals surface area (Å²) in [7, 11) is 0. The minimum absolute atomic E-state index is 0. The van der Waals surface area contributed by atoms with Crippen molar-refractivity contribution < 1.29 is 97.8 Å². The third kappa shape index (κ3) is 4.78. The number of carbonyl (C=O) groups excluding carboxylic acids is 1. The Balaban J connectivity index is 0.00000420. The fourth-order valence-corrected chi connectivity index (χ4v) is 3.78. The first-order valence-electron chi connectivity index (χ1n) is 6.83. The molecule has 2 N–H and O–H groups in total. The summed E-state index contributed by atoms with van der Waals surface area (Å²) < 4.78 is 78.3. The Morgan fingerprint density at radius 1 is 1.10 bits per heavy atom. The van der Waals surface area contributed by atoms with Gasteiger partial charge in [0.05, 0.1) is 27.2 Å². The molecule has 2 rings (SSSR count). The Morgan fingerprint density at radius 3 is 2.03 bits per heavy atom. The molecule has 29 heavy (non-hydrogen) atoms. The van der Waals surface area contributed by atoms with Gasteiger partial charge in [-0.3, -0.25) is 0 Å². The fourth-order valence-electron chi connectivity index (χ4n) is 2.23. The van der Waals surface area contributed by atoms with Crippen molar-refractivity contribution in [1.29, 1.82) is 0 Å². The van der Waals surface area contributed by atoms with Crippen LogP contribution in [0.5, 0.6) is 0 Å². The molecule has 0 atom stereocenters. The summed E-state index contributed by atoms with van der Waals surface area (Å²) in [5, 5.41) is 26.9. The van der Waals surface area contributed by atoms with E-state index in [2.05, 4.69) is 4.98 Å². The Labute approximate surface area is 214 Å². The molecule has 1 aromatic heterocycles. The maximum absolute atomic E-state index is 13.0. The monoisotopic (exact) mass is 507 g/mol. The van der Waals surface area contributed by atoms with Gasteiger partial charge in [0.1, 0.15) is 11.0 Å². The zero-order valence-electron chi connectivity index (χ0n) is 14.0. The van der Waals surface area contributed by atoms with Crippen LogP contribution in [-0.4, -0.2) is 33.5 Å². The first kappa shape index (κ1) is 27.1. The second-order valence-corrected chi connectivity index (χ2v) is 6.99. The number of hydrogen-bond acceptors (Lipinski definition) is 6. The maximum Gasteiger partial charge on any atom is 1.00 e. The molecule has 1 aromatic carbocycles. The molecule has 5 nitrogen and oxygen atoms in total. The van der Waals surface area contributed by atoms with Gasteiger partial charge in [-0.05, 0) is 0 Å². The van der Waals surface area contributed by atoms with Gasteiger partial charge >= 0.3 is 63.7 Å². The second-order valence-electron chi connectivity index (χ2n) is 5.23. The molecule has 0 fully saturated rings. The zero-order valence-corrected chi connectivity index (χ0v) is 19.4. The van der Waals surface area contributed by atoms with E-state index in [0.29, 0.717) is 17.4 Å². The smallest absolute Gasteiger partial charge is 0.542 e. The van der Waals surface area contributed by atoms with Gasteiger partial charge in [-0.15, -0.1) is 11.3 Å². The number of hydrogen-bond donors (Lipinski definition) is 2. The number of aromatic carboxylic acids is 1. The van der Waals surface area contributed by atoms with Crippen LogP contribution in [0.3, 0.4) is 0 Å². The molecular formula is C14H6Cl2F6KNO4S. The van der Waals surface area contributed by atoms with Crippen LogP contribution in [0.2, 0.25) is 10.0 Å². The summed E-state index contributed by atoms with van der Waals surface area (Å²) in [6.45, 7) is -0.816. The minimum atomic E-state index is -6.18. The summed E-state index contributed by atoms with van der Waals surface area (Å²) in [6, 6.07) is 0.918. The van der Waals surface area contributed by atoms with Gasteiger partial charge in [0.15, 0.2) is 0 Å². The van der Waals surface area contributed by atoms with Gasteiger partial charge < -0.3 is 20.1 Å². The number of carboxylic acids is 1. The quantitative estimate of drug-likeness (QED) is 0.458. The van der Waals surface area contributed by atoms with Gasteiger partial charge in [-0.2, -0.15) is 26.3 Å². The minimum Gasteiger partial charge on any atom is -0.542 e. The normalized spacial score (nSPS) is 12.6. The topological polar surface area (TPSA) is 93.5 Å². The molecule has 0 radical (unpaired) electrons. The van der Waals surface area contributed by atoms with Crippen LogP contribution in [0.15, 0.2) is 12.1 Å². The third-order valence-electron chi connectivity index (χ3n) is 3.56. The van der Waals surface area contributed by atoms with E-state index in [1.54, 1.807) is 0 Å². The van der Waals surface area contributed by atoms with Crippen LogP contribution >= 0.6 is 34.5 Å². The second kappa shape index (κ2) is 9.26. The molecule has 0 aliphatic carbocycles. The predicted molar refractivity (Wildman–Crippen MR) is 83.8 cm³/mol. The van der Waals surface area contributed by atoms with Gasteiger partial charge in [-0.25, -0.2) is 4.98 Å². The van der Waals surface area contributed by atoms with Crippen molar-refractivity contribution in [2.24, 2.45) is 0 Å². The first-order valence-corrected chi connectivity index (χ1v) is 8.40. The molecule has 0 amide bonds. The van der Waals surface area contributed by atoms with Gasteiger partial charge in [0.2, 0.25) is 0 Å². The molecular weight excluding hydrogens is 502 g/mol.